The Morgan fingerprint density at radius 2 is 1.85 bits per heavy atom. The largest absolute Gasteiger partial charge is 0.360 e. The molecule has 1 amide bonds. The Kier molecular flexibility index (Phi) is 5.61. The fraction of sp³-hybridized carbons (Fsp3) is 0.238. The van der Waals surface area contributed by atoms with Crippen molar-refractivity contribution in [3.8, 4) is 0 Å². The van der Waals surface area contributed by atoms with E-state index in [-0.39, 0.29) is 16.6 Å². The number of benzene rings is 2. The molecule has 0 aliphatic rings. The third-order valence-corrected chi connectivity index (χ3v) is 5.09. The van der Waals surface area contributed by atoms with Crippen LogP contribution < -0.4 is 10.6 Å². The highest BCUT2D eigenvalue weighted by molar-refractivity contribution is 6.31. The van der Waals surface area contributed by atoms with Crippen molar-refractivity contribution >= 4 is 34.0 Å². The Morgan fingerprint density at radius 3 is 2.59 bits per heavy atom. The molecule has 2 aromatic carbocycles. The van der Waals surface area contributed by atoms with Gasteiger partial charge in [-0.15, -0.1) is 0 Å². The topological polar surface area (TPSA) is 54.0 Å². The zero-order chi connectivity index (χ0) is 19.4. The molecule has 0 bridgehead atoms. The van der Waals surface area contributed by atoms with Gasteiger partial charge in [-0.25, -0.2) is 4.39 Å². The molecule has 4 nitrogen and oxygen atoms in total. The monoisotopic (exact) mass is 385 g/mol. The summed E-state index contributed by atoms with van der Waals surface area (Å²) in [5.41, 5.74) is -0.0881. The third kappa shape index (κ3) is 3.88. The van der Waals surface area contributed by atoms with E-state index in [0.717, 1.165) is 10.8 Å². The molecule has 0 aliphatic carbocycles. The number of hydrogen-bond acceptors (Lipinski definition) is 3. The smallest absolute Gasteiger partial charge is 0.255 e. The van der Waals surface area contributed by atoms with E-state index in [0.29, 0.717) is 18.4 Å². The van der Waals surface area contributed by atoms with Gasteiger partial charge in [0.25, 0.3) is 5.91 Å². The Hall–Kier alpha value is -2.66. The predicted octanol–water partition coefficient (Wildman–Crippen LogP) is 5.39. The average molecular weight is 386 g/mol. The molecule has 27 heavy (non-hydrogen) atoms. The molecule has 0 atom stereocenters. The molecule has 140 valence electrons. The summed E-state index contributed by atoms with van der Waals surface area (Å²) in [5.74, 6) is -0.801. The number of carbonyl (C=O) groups is 1. The van der Waals surface area contributed by atoms with E-state index in [1.54, 1.807) is 24.5 Å². The van der Waals surface area contributed by atoms with Gasteiger partial charge >= 0.3 is 0 Å². The fourth-order valence-corrected chi connectivity index (χ4v) is 3.25. The number of amides is 1. The Labute approximate surface area is 162 Å². The van der Waals surface area contributed by atoms with Crippen molar-refractivity contribution < 1.29 is 9.18 Å². The minimum absolute atomic E-state index is 0.0330. The molecule has 0 aliphatic heterocycles. The first kappa shape index (κ1) is 19.1. The highest BCUT2D eigenvalue weighted by Gasteiger charge is 2.30. The molecule has 0 unspecified atom stereocenters. The van der Waals surface area contributed by atoms with Crippen molar-refractivity contribution in [2.45, 2.75) is 32.4 Å². The van der Waals surface area contributed by atoms with Crippen molar-refractivity contribution in [3.05, 3.63) is 71.3 Å². The molecule has 3 rings (SSSR count). The molecule has 0 saturated heterocycles. The number of aromatic nitrogens is 1. The summed E-state index contributed by atoms with van der Waals surface area (Å²) < 4.78 is 14.4. The van der Waals surface area contributed by atoms with Gasteiger partial charge in [0.2, 0.25) is 0 Å². The minimum atomic E-state index is -0.820. The highest BCUT2D eigenvalue weighted by atomic mass is 35.5. The summed E-state index contributed by atoms with van der Waals surface area (Å²) >= 11 is 5.89. The van der Waals surface area contributed by atoms with Crippen LogP contribution in [0, 0.1) is 5.82 Å². The van der Waals surface area contributed by atoms with Crippen LogP contribution in [-0.2, 0) is 0 Å². The van der Waals surface area contributed by atoms with Crippen molar-refractivity contribution in [1.82, 2.24) is 10.3 Å². The van der Waals surface area contributed by atoms with Crippen molar-refractivity contribution in [1.29, 1.82) is 0 Å². The Morgan fingerprint density at radius 1 is 1.11 bits per heavy atom. The van der Waals surface area contributed by atoms with Crippen LogP contribution in [0.5, 0.6) is 0 Å². The zero-order valence-electron chi connectivity index (χ0n) is 15.2. The summed E-state index contributed by atoms with van der Waals surface area (Å²) in [5, 5.41) is 7.91. The van der Waals surface area contributed by atoms with Crippen LogP contribution in [0.2, 0.25) is 5.02 Å². The maximum atomic E-state index is 14.4. The van der Waals surface area contributed by atoms with Gasteiger partial charge < -0.3 is 10.6 Å². The Balaban J connectivity index is 1.93. The van der Waals surface area contributed by atoms with Crippen LogP contribution in [-0.4, -0.2) is 16.6 Å². The van der Waals surface area contributed by atoms with Gasteiger partial charge in [0.05, 0.1) is 16.3 Å². The van der Waals surface area contributed by atoms with Gasteiger partial charge in [-0.1, -0.05) is 55.8 Å². The van der Waals surface area contributed by atoms with Gasteiger partial charge in [-0.2, -0.15) is 0 Å². The number of nitrogens with one attached hydrogen (secondary N) is 2. The zero-order valence-corrected chi connectivity index (χ0v) is 16.0. The summed E-state index contributed by atoms with van der Waals surface area (Å²) in [6, 6.07) is 12.3. The van der Waals surface area contributed by atoms with Gasteiger partial charge in [0, 0.05) is 17.8 Å². The van der Waals surface area contributed by atoms with E-state index in [2.05, 4.69) is 15.6 Å². The summed E-state index contributed by atoms with van der Waals surface area (Å²) in [4.78, 5) is 17.2. The van der Waals surface area contributed by atoms with E-state index < -0.39 is 11.5 Å². The molecular formula is C21H21ClFN3O. The molecule has 3 aromatic rings. The number of nitrogens with zero attached hydrogens (tertiary/aromatic N) is 1. The molecule has 0 fully saturated rings. The first-order valence-electron chi connectivity index (χ1n) is 8.87. The first-order valence-corrected chi connectivity index (χ1v) is 9.25. The number of halogens is 2. The van der Waals surface area contributed by atoms with E-state index in [9.17, 15) is 9.18 Å². The lowest BCUT2D eigenvalue weighted by molar-refractivity contribution is 0.0906. The molecule has 2 N–H and O–H groups in total. The van der Waals surface area contributed by atoms with Crippen molar-refractivity contribution in [3.63, 3.8) is 0 Å². The fourth-order valence-electron chi connectivity index (χ4n) is 3.08. The van der Waals surface area contributed by atoms with E-state index in [1.807, 2.05) is 38.1 Å². The Bertz CT molecular complexity index is 967. The average Bonchev–Trinajstić information content (AvgIpc) is 2.70. The van der Waals surface area contributed by atoms with Gasteiger partial charge in [0.1, 0.15) is 5.66 Å². The molecule has 6 heteroatoms. The quantitative estimate of drug-likeness (QED) is 0.559. The molecule has 1 heterocycles. The first-order chi connectivity index (χ1) is 13.0. The number of carbonyl (C=O) groups excluding carboxylic acids is 1. The second kappa shape index (κ2) is 7.92. The molecular weight excluding hydrogens is 365 g/mol. The lowest BCUT2D eigenvalue weighted by Gasteiger charge is -2.35. The van der Waals surface area contributed by atoms with Crippen LogP contribution in [0.25, 0.3) is 10.8 Å². The van der Waals surface area contributed by atoms with Crippen LogP contribution >= 0.6 is 11.6 Å². The van der Waals surface area contributed by atoms with Gasteiger partial charge in [-0.3, -0.25) is 9.78 Å². The minimum Gasteiger partial charge on any atom is -0.360 e. The standard InChI is InChI=1S/C21H21ClFN3O/c1-3-21(4-2,25-18-11-7-10-17(22)19(18)23)26-20(27)16-13-24-12-14-8-5-6-9-15(14)16/h5-13,25H,3-4H2,1-2H3,(H,26,27). The normalized spacial score (nSPS) is 11.4. The summed E-state index contributed by atoms with van der Waals surface area (Å²) in [6.45, 7) is 3.86. The molecule has 1 aromatic heterocycles. The predicted molar refractivity (Wildman–Crippen MR) is 108 cm³/mol. The van der Waals surface area contributed by atoms with Gasteiger partial charge in [-0.05, 0) is 30.4 Å². The van der Waals surface area contributed by atoms with Crippen LogP contribution in [0.3, 0.4) is 0 Å². The van der Waals surface area contributed by atoms with E-state index in [4.69, 9.17) is 11.6 Å². The van der Waals surface area contributed by atoms with E-state index in [1.165, 1.54) is 6.07 Å². The highest BCUT2D eigenvalue weighted by Crippen LogP contribution is 2.27. The maximum Gasteiger partial charge on any atom is 0.255 e. The number of rotatable bonds is 6. The maximum absolute atomic E-state index is 14.4. The van der Waals surface area contributed by atoms with Crippen LogP contribution in [0.15, 0.2) is 54.9 Å². The van der Waals surface area contributed by atoms with Crippen LogP contribution in [0.4, 0.5) is 10.1 Å². The number of hydrogen-bond donors (Lipinski definition) is 2. The number of fused-ring (bicyclic) bond motifs is 1. The third-order valence-electron chi connectivity index (χ3n) is 4.80. The second-order valence-electron chi connectivity index (χ2n) is 6.38. The van der Waals surface area contributed by atoms with Gasteiger partial charge in [0.15, 0.2) is 5.82 Å². The molecule has 0 saturated carbocycles. The lowest BCUT2D eigenvalue weighted by Crippen LogP contribution is -2.53. The second-order valence-corrected chi connectivity index (χ2v) is 6.79. The lowest BCUT2D eigenvalue weighted by atomic mass is 10.0. The molecule has 0 radical (unpaired) electrons. The number of pyridine rings is 1. The van der Waals surface area contributed by atoms with E-state index >= 15 is 0 Å². The molecule has 0 spiro atoms. The summed E-state index contributed by atoms with van der Waals surface area (Å²) in [7, 11) is 0. The number of anilines is 1. The van der Waals surface area contributed by atoms with Crippen molar-refractivity contribution in [2.75, 3.05) is 5.32 Å². The summed E-state index contributed by atoms with van der Waals surface area (Å²) in [6.07, 6.45) is 4.38. The van der Waals surface area contributed by atoms with Crippen molar-refractivity contribution in [2.24, 2.45) is 0 Å². The SMILES string of the molecule is CCC(CC)(NC(=O)c1cncc2ccccc12)Nc1cccc(Cl)c1F. The van der Waals surface area contributed by atoms with Crippen LogP contribution in [0.1, 0.15) is 37.0 Å².